The highest BCUT2D eigenvalue weighted by molar-refractivity contribution is 7.17. The van der Waals surface area contributed by atoms with E-state index in [0.29, 0.717) is 10.7 Å². The number of hydrogen-bond donors (Lipinski definition) is 0. The lowest BCUT2D eigenvalue weighted by atomic mass is 9.35. The van der Waals surface area contributed by atoms with Crippen molar-refractivity contribution in [2.75, 3.05) is 0 Å². The van der Waals surface area contributed by atoms with Crippen LogP contribution < -0.4 is 16.4 Å². The number of aryl methyl sites for hydroxylation is 3. The Balaban J connectivity index is 2.05. The van der Waals surface area contributed by atoms with Crippen LogP contribution in [-0.4, -0.2) is 6.71 Å². The van der Waals surface area contributed by atoms with Gasteiger partial charge in [-0.1, -0.05) is 57.3 Å². The molecule has 0 radical (unpaired) electrons. The molecule has 2 aromatic heterocycles. The third-order valence-electron chi connectivity index (χ3n) is 4.37. The van der Waals surface area contributed by atoms with Crippen molar-refractivity contribution >= 4 is 57.9 Å². The summed E-state index contributed by atoms with van der Waals surface area (Å²) in [5, 5.41) is 1.20. The van der Waals surface area contributed by atoms with Crippen LogP contribution >= 0.6 is 22.7 Å². The van der Waals surface area contributed by atoms with Gasteiger partial charge in [0, 0.05) is 9.75 Å². The van der Waals surface area contributed by atoms with Crippen LogP contribution in [0.25, 0.3) is 12.2 Å². The Hall–Kier alpha value is -1.58. The molecular weight excluding hydrogens is 303 g/mol. The Kier molecular flexibility index (Phi) is 2.85. The second-order valence-corrected chi connectivity index (χ2v) is 7.71. The number of hydrogen-bond acceptors (Lipinski definition) is 2. The molecule has 3 heteroatoms. The molecule has 3 heterocycles. The molecule has 3 aromatic rings. The Bertz CT molecular complexity index is 908. The van der Waals surface area contributed by atoms with Crippen molar-refractivity contribution in [2.45, 2.75) is 20.8 Å². The highest BCUT2D eigenvalue weighted by atomic mass is 32.1. The van der Waals surface area contributed by atoms with Gasteiger partial charge in [0.1, 0.15) is 0 Å². The first-order valence-electron chi connectivity index (χ1n) is 8.40. The van der Waals surface area contributed by atoms with E-state index in [1.54, 1.807) is 0 Å². The minimum absolute atomic E-state index is 0.108. The fraction of sp³-hybridized carbons (Fsp3) is 0.158. The van der Waals surface area contributed by atoms with E-state index in [1.165, 1.54) is 65.5 Å². The monoisotopic (exact) mass is 322 g/mol. The minimum atomic E-state index is 0.108. The average molecular weight is 322 g/mol. The van der Waals surface area contributed by atoms with E-state index < -0.39 is 0 Å². The summed E-state index contributed by atoms with van der Waals surface area (Å²) in [5.41, 5.74) is 7.57. The van der Waals surface area contributed by atoms with Gasteiger partial charge in [0.25, 0.3) is 0 Å². The van der Waals surface area contributed by atoms with Crippen LogP contribution in [0.2, 0.25) is 0 Å². The van der Waals surface area contributed by atoms with Crippen LogP contribution in [0.4, 0.5) is 0 Å². The molecule has 0 unspecified atom stereocenters. The first kappa shape index (κ1) is 11.9. The lowest BCUT2D eigenvalue weighted by Crippen LogP contribution is -2.54. The van der Waals surface area contributed by atoms with Crippen LogP contribution in [-0.2, 0) is 0 Å². The topological polar surface area (TPSA) is 0 Å². The molecular formula is C19H17BS2. The van der Waals surface area contributed by atoms with E-state index in [2.05, 4.69) is 45.1 Å². The smallest absolute Gasteiger partial charge is 0.145 e. The summed E-state index contributed by atoms with van der Waals surface area (Å²) in [6, 6.07) is 8.48. The zero-order chi connectivity index (χ0) is 17.0. The largest absolute Gasteiger partial charge is 0.245 e. The molecule has 0 amide bonds. The standard InChI is InChI=1S/C19H17BS2/c1-12-10-13(2)19(14(3)11-12)20-15-6-8-21-17(15)4-5-18-16(20)7-9-22-18/h4-11H,1-3H3/i8D,9D. The molecule has 1 aromatic carbocycles. The molecule has 1 aliphatic rings. The van der Waals surface area contributed by atoms with Crippen molar-refractivity contribution in [2.24, 2.45) is 0 Å². The van der Waals surface area contributed by atoms with Gasteiger partial charge in [-0.3, -0.25) is 0 Å². The van der Waals surface area contributed by atoms with Crippen LogP contribution in [0.1, 0.15) is 29.2 Å². The molecule has 0 fully saturated rings. The summed E-state index contributed by atoms with van der Waals surface area (Å²) in [6.45, 7) is 6.59. The van der Waals surface area contributed by atoms with Gasteiger partial charge in [0.05, 0.1) is 2.74 Å². The number of fused-ring (bicyclic) bond motifs is 2. The molecule has 108 valence electrons. The summed E-state index contributed by atoms with van der Waals surface area (Å²) >= 11 is 3.07. The Morgan fingerprint density at radius 3 is 1.86 bits per heavy atom. The van der Waals surface area contributed by atoms with E-state index in [4.69, 9.17) is 2.74 Å². The van der Waals surface area contributed by atoms with Crippen molar-refractivity contribution in [1.29, 1.82) is 0 Å². The molecule has 0 bridgehead atoms. The third kappa shape index (κ3) is 2.12. The minimum Gasteiger partial charge on any atom is -0.145 e. The second kappa shape index (κ2) is 5.25. The van der Waals surface area contributed by atoms with Gasteiger partial charge in [0.15, 0.2) is 0 Å². The highest BCUT2D eigenvalue weighted by Gasteiger charge is 2.30. The van der Waals surface area contributed by atoms with Gasteiger partial charge in [-0.25, -0.2) is 0 Å². The molecule has 1 aliphatic heterocycles. The molecule has 4 rings (SSSR count). The van der Waals surface area contributed by atoms with Gasteiger partial charge >= 0.3 is 0 Å². The van der Waals surface area contributed by atoms with E-state index in [0.717, 1.165) is 0 Å². The van der Waals surface area contributed by atoms with Crippen molar-refractivity contribution < 1.29 is 2.74 Å². The molecule has 0 atom stereocenters. The molecule has 0 saturated heterocycles. The maximum atomic E-state index is 8.10. The van der Waals surface area contributed by atoms with Gasteiger partial charge in [-0.15, -0.1) is 22.7 Å². The fourth-order valence-corrected chi connectivity index (χ4v) is 5.05. The van der Waals surface area contributed by atoms with Crippen molar-refractivity contribution in [3.63, 3.8) is 0 Å². The Morgan fingerprint density at radius 2 is 1.36 bits per heavy atom. The molecule has 0 spiro atoms. The molecule has 0 aliphatic carbocycles. The average Bonchev–Trinajstić information content (AvgIpc) is 3.00. The quantitative estimate of drug-likeness (QED) is 0.468. The zero-order valence-electron chi connectivity index (χ0n) is 14.9. The summed E-state index contributed by atoms with van der Waals surface area (Å²) in [7, 11) is 0. The predicted molar refractivity (Wildman–Crippen MR) is 103 cm³/mol. The molecule has 0 saturated carbocycles. The lowest BCUT2D eigenvalue weighted by Gasteiger charge is -2.19. The normalized spacial score (nSPS) is 14.2. The summed E-state index contributed by atoms with van der Waals surface area (Å²) in [4.78, 5) is 2.33. The highest BCUT2D eigenvalue weighted by Crippen LogP contribution is 2.21. The molecule has 22 heavy (non-hydrogen) atoms. The Morgan fingerprint density at radius 1 is 0.864 bits per heavy atom. The van der Waals surface area contributed by atoms with E-state index >= 15 is 0 Å². The predicted octanol–water partition coefficient (Wildman–Crippen LogP) is 3.73. The van der Waals surface area contributed by atoms with Gasteiger partial charge in [0.2, 0.25) is 6.71 Å². The number of rotatable bonds is 1. The summed E-state index contributed by atoms with van der Waals surface area (Å²) in [5.74, 6) is 0. The number of thiophene rings is 2. The fourth-order valence-electron chi connectivity index (χ4n) is 3.56. The van der Waals surface area contributed by atoms with E-state index in [1.807, 2.05) is 12.1 Å². The van der Waals surface area contributed by atoms with Gasteiger partial charge < -0.3 is 0 Å². The summed E-state index contributed by atoms with van der Waals surface area (Å²) in [6.07, 6.45) is 4.23. The zero-order valence-corrected chi connectivity index (χ0v) is 14.5. The van der Waals surface area contributed by atoms with E-state index in [-0.39, 0.29) is 6.71 Å². The van der Waals surface area contributed by atoms with Gasteiger partial charge in [-0.2, -0.15) is 0 Å². The van der Waals surface area contributed by atoms with Gasteiger partial charge in [-0.05, 0) is 43.6 Å². The van der Waals surface area contributed by atoms with Crippen LogP contribution in [0.3, 0.4) is 0 Å². The van der Waals surface area contributed by atoms with Crippen LogP contribution in [0.15, 0.2) is 35.0 Å². The lowest BCUT2D eigenvalue weighted by molar-refractivity contribution is 1.35. The molecule has 0 nitrogen and oxygen atoms in total. The summed E-state index contributed by atoms with van der Waals surface area (Å²) < 4.78 is 16.2. The first-order chi connectivity index (χ1) is 11.4. The second-order valence-electron chi connectivity index (χ2n) is 5.95. The first-order valence-corrected chi connectivity index (χ1v) is 9.04. The third-order valence-corrected chi connectivity index (χ3v) is 6.03. The maximum Gasteiger partial charge on any atom is 0.245 e. The van der Waals surface area contributed by atoms with Crippen LogP contribution in [0.5, 0.6) is 0 Å². The van der Waals surface area contributed by atoms with Crippen molar-refractivity contribution in [1.82, 2.24) is 0 Å². The number of benzene rings is 1. The SMILES string of the molecule is [2H]c1cc2c(s1)C=Cc1sc([2H])cc1B2c1c(C)cc(C)cc1C. The Labute approximate surface area is 143 Å². The van der Waals surface area contributed by atoms with Crippen molar-refractivity contribution in [3.05, 3.63) is 61.4 Å². The van der Waals surface area contributed by atoms with Crippen molar-refractivity contribution in [3.8, 4) is 0 Å². The van der Waals surface area contributed by atoms with E-state index in [9.17, 15) is 0 Å². The maximum absolute atomic E-state index is 8.10. The van der Waals surface area contributed by atoms with Crippen LogP contribution in [0, 0.1) is 20.8 Å². The molecule has 0 N–H and O–H groups in total.